The lowest BCUT2D eigenvalue weighted by Crippen LogP contribution is -2.21. The van der Waals surface area contributed by atoms with Crippen molar-refractivity contribution in [1.82, 2.24) is 5.32 Å². The predicted octanol–water partition coefficient (Wildman–Crippen LogP) is 2.02. The number of anilines is 1. The van der Waals surface area contributed by atoms with Crippen molar-refractivity contribution in [2.45, 2.75) is 20.3 Å². The van der Waals surface area contributed by atoms with E-state index < -0.39 is 0 Å². The van der Waals surface area contributed by atoms with E-state index in [4.69, 9.17) is 4.74 Å². The Morgan fingerprint density at radius 3 is 2.88 bits per heavy atom. The van der Waals surface area contributed by atoms with Gasteiger partial charge in [0.2, 0.25) is 5.91 Å². The minimum absolute atomic E-state index is 0.0771. The summed E-state index contributed by atoms with van der Waals surface area (Å²) in [7, 11) is 0. The standard InChI is InChI=1S/C13H20N2O2/c1-3-7-14-8-9-17-13-6-4-5-12(10-13)15-11(2)16/h4-6,10,14H,3,7-9H2,1-2H3,(H,15,16). The number of nitrogens with one attached hydrogen (secondary N) is 2. The van der Waals surface area contributed by atoms with Crippen LogP contribution < -0.4 is 15.4 Å². The zero-order valence-electron chi connectivity index (χ0n) is 10.5. The molecule has 0 heterocycles. The third-order valence-corrected chi connectivity index (χ3v) is 2.13. The summed E-state index contributed by atoms with van der Waals surface area (Å²) in [5.41, 5.74) is 0.761. The van der Waals surface area contributed by atoms with Gasteiger partial charge < -0.3 is 15.4 Å². The summed E-state index contributed by atoms with van der Waals surface area (Å²) < 4.78 is 5.56. The van der Waals surface area contributed by atoms with Gasteiger partial charge in [-0.1, -0.05) is 13.0 Å². The fourth-order valence-electron chi connectivity index (χ4n) is 1.41. The average molecular weight is 236 g/mol. The molecule has 94 valence electrons. The molecule has 0 unspecified atom stereocenters. The van der Waals surface area contributed by atoms with Gasteiger partial charge in [-0.3, -0.25) is 4.79 Å². The molecule has 0 saturated carbocycles. The highest BCUT2D eigenvalue weighted by Crippen LogP contribution is 2.16. The van der Waals surface area contributed by atoms with Crippen molar-refractivity contribution in [3.8, 4) is 5.75 Å². The fraction of sp³-hybridized carbons (Fsp3) is 0.462. The second-order valence-corrected chi connectivity index (χ2v) is 3.81. The van der Waals surface area contributed by atoms with Gasteiger partial charge in [-0.25, -0.2) is 0 Å². The van der Waals surface area contributed by atoms with Crippen LogP contribution in [-0.2, 0) is 4.79 Å². The van der Waals surface area contributed by atoms with E-state index in [0.29, 0.717) is 6.61 Å². The number of rotatable bonds is 7. The molecule has 0 spiro atoms. The van der Waals surface area contributed by atoms with Gasteiger partial charge in [-0.05, 0) is 25.1 Å². The monoisotopic (exact) mass is 236 g/mol. The van der Waals surface area contributed by atoms with Crippen LogP contribution in [0.2, 0.25) is 0 Å². The maximum atomic E-state index is 10.9. The minimum atomic E-state index is -0.0771. The third kappa shape index (κ3) is 5.92. The van der Waals surface area contributed by atoms with Crippen LogP contribution >= 0.6 is 0 Å². The number of benzene rings is 1. The Balaban J connectivity index is 2.35. The van der Waals surface area contributed by atoms with E-state index >= 15 is 0 Å². The molecule has 0 bridgehead atoms. The molecule has 1 amide bonds. The Morgan fingerprint density at radius 2 is 2.18 bits per heavy atom. The summed E-state index contributed by atoms with van der Waals surface area (Å²) in [6.45, 7) is 6.09. The fourth-order valence-corrected chi connectivity index (χ4v) is 1.41. The van der Waals surface area contributed by atoms with E-state index in [9.17, 15) is 4.79 Å². The van der Waals surface area contributed by atoms with E-state index in [0.717, 1.165) is 30.9 Å². The molecule has 2 N–H and O–H groups in total. The predicted molar refractivity (Wildman–Crippen MR) is 69.4 cm³/mol. The SMILES string of the molecule is CCCNCCOc1cccc(NC(C)=O)c1. The maximum absolute atomic E-state index is 10.9. The molecular formula is C13H20N2O2. The molecule has 0 aromatic heterocycles. The van der Waals surface area contributed by atoms with Crippen molar-refractivity contribution in [3.63, 3.8) is 0 Å². The summed E-state index contributed by atoms with van der Waals surface area (Å²) >= 11 is 0. The summed E-state index contributed by atoms with van der Waals surface area (Å²) in [5.74, 6) is 0.696. The quantitative estimate of drug-likeness (QED) is 0.712. The molecule has 0 aliphatic carbocycles. The van der Waals surface area contributed by atoms with Crippen molar-refractivity contribution in [2.75, 3.05) is 25.0 Å². The highest BCUT2D eigenvalue weighted by molar-refractivity contribution is 5.88. The first kappa shape index (κ1) is 13.5. The summed E-state index contributed by atoms with van der Waals surface area (Å²) in [4.78, 5) is 10.9. The molecule has 1 aromatic carbocycles. The molecule has 0 saturated heterocycles. The first-order valence-corrected chi connectivity index (χ1v) is 5.93. The van der Waals surface area contributed by atoms with Crippen LogP contribution in [0.5, 0.6) is 5.75 Å². The smallest absolute Gasteiger partial charge is 0.221 e. The van der Waals surface area contributed by atoms with Crippen LogP contribution in [0.3, 0.4) is 0 Å². The molecule has 4 heteroatoms. The lowest BCUT2D eigenvalue weighted by atomic mass is 10.3. The number of ether oxygens (including phenoxy) is 1. The molecular weight excluding hydrogens is 216 g/mol. The van der Waals surface area contributed by atoms with Crippen LogP contribution in [0, 0.1) is 0 Å². The van der Waals surface area contributed by atoms with Crippen molar-refractivity contribution in [2.24, 2.45) is 0 Å². The van der Waals surface area contributed by atoms with Gasteiger partial charge in [0.1, 0.15) is 12.4 Å². The largest absolute Gasteiger partial charge is 0.492 e. The molecule has 0 fully saturated rings. The average Bonchev–Trinajstić information content (AvgIpc) is 2.28. The first-order valence-electron chi connectivity index (χ1n) is 5.93. The van der Waals surface area contributed by atoms with E-state index in [1.807, 2.05) is 24.3 Å². The van der Waals surface area contributed by atoms with Gasteiger partial charge in [0, 0.05) is 25.2 Å². The van der Waals surface area contributed by atoms with Gasteiger partial charge in [-0.15, -0.1) is 0 Å². The van der Waals surface area contributed by atoms with Crippen molar-refractivity contribution in [3.05, 3.63) is 24.3 Å². The van der Waals surface area contributed by atoms with Crippen molar-refractivity contribution < 1.29 is 9.53 Å². The number of hydrogen-bond acceptors (Lipinski definition) is 3. The van der Waals surface area contributed by atoms with E-state index in [1.54, 1.807) is 0 Å². The van der Waals surface area contributed by atoms with E-state index in [2.05, 4.69) is 17.6 Å². The van der Waals surface area contributed by atoms with E-state index in [1.165, 1.54) is 6.92 Å². The van der Waals surface area contributed by atoms with Crippen LogP contribution in [0.15, 0.2) is 24.3 Å². The van der Waals surface area contributed by atoms with Crippen LogP contribution in [0.1, 0.15) is 20.3 Å². The molecule has 1 aromatic rings. The first-order chi connectivity index (χ1) is 8.22. The van der Waals surface area contributed by atoms with E-state index in [-0.39, 0.29) is 5.91 Å². The molecule has 0 aliphatic rings. The number of carbonyl (C=O) groups is 1. The van der Waals surface area contributed by atoms with Gasteiger partial charge in [0.25, 0.3) is 0 Å². The normalized spacial score (nSPS) is 10.0. The Hall–Kier alpha value is -1.55. The molecule has 17 heavy (non-hydrogen) atoms. The lowest BCUT2D eigenvalue weighted by molar-refractivity contribution is -0.114. The maximum Gasteiger partial charge on any atom is 0.221 e. The minimum Gasteiger partial charge on any atom is -0.492 e. The van der Waals surface area contributed by atoms with Gasteiger partial charge in [-0.2, -0.15) is 0 Å². The zero-order valence-corrected chi connectivity index (χ0v) is 10.5. The Morgan fingerprint density at radius 1 is 1.35 bits per heavy atom. The van der Waals surface area contributed by atoms with Gasteiger partial charge >= 0.3 is 0 Å². The summed E-state index contributed by atoms with van der Waals surface area (Å²) in [5, 5.41) is 5.98. The highest BCUT2D eigenvalue weighted by atomic mass is 16.5. The topological polar surface area (TPSA) is 50.4 Å². The summed E-state index contributed by atoms with van der Waals surface area (Å²) in [6.07, 6.45) is 1.12. The molecule has 1 rings (SSSR count). The Bertz CT molecular complexity index is 353. The number of carbonyl (C=O) groups excluding carboxylic acids is 1. The Labute approximate surface area is 102 Å². The second kappa shape index (κ2) is 7.68. The van der Waals surface area contributed by atoms with Gasteiger partial charge in [0.05, 0.1) is 0 Å². The van der Waals surface area contributed by atoms with Crippen LogP contribution in [-0.4, -0.2) is 25.6 Å². The summed E-state index contributed by atoms with van der Waals surface area (Å²) in [6, 6.07) is 7.40. The molecule has 4 nitrogen and oxygen atoms in total. The van der Waals surface area contributed by atoms with Crippen molar-refractivity contribution >= 4 is 11.6 Å². The molecule has 0 aliphatic heterocycles. The molecule has 0 atom stereocenters. The van der Waals surface area contributed by atoms with Crippen LogP contribution in [0.4, 0.5) is 5.69 Å². The van der Waals surface area contributed by atoms with Crippen molar-refractivity contribution in [1.29, 1.82) is 0 Å². The Kier molecular flexibility index (Phi) is 6.10. The second-order valence-electron chi connectivity index (χ2n) is 3.81. The molecule has 0 radical (unpaired) electrons. The zero-order chi connectivity index (χ0) is 12.5. The third-order valence-electron chi connectivity index (χ3n) is 2.13. The number of amides is 1. The lowest BCUT2D eigenvalue weighted by Gasteiger charge is -2.08. The number of hydrogen-bond donors (Lipinski definition) is 2. The van der Waals surface area contributed by atoms with Gasteiger partial charge in [0.15, 0.2) is 0 Å². The van der Waals surface area contributed by atoms with Crippen LogP contribution in [0.25, 0.3) is 0 Å². The highest BCUT2D eigenvalue weighted by Gasteiger charge is 1.98.